The van der Waals surface area contributed by atoms with Gasteiger partial charge < -0.3 is 15.2 Å². The first-order valence-corrected chi connectivity index (χ1v) is 7.44. The maximum absolute atomic E-state index is 6.53. The molecule has 2 N–H and O–H groups in total. The van der Waals surface area contributed by atoms with Crippen LogP contribution in [0.4, 0.5) is 0 Å². The fraction of sp³-hybridized carbons (Fsp3) is 0.647. The number of hydrogen-bond acceptors (Lipinski definition) is 3. The highest BCUT2D eigenvalue weighted by Crippen LogP contribution is 2.47. The molecule has 0 aliphatic carbocycles. The average molecular weight is 277 g/mol. The zero-order valence-electron chi connectivity index (χ0n) is 13.3. The van der Waals surface area contributed by atoms with E-state index in [0.29, 0.717) is 12.5 Å². The minimum Gasteiger partial charge on any atom is -0.494 e. The van der Waals surface area contributed by atoms with Gasteiger partial charge in [0.15, 0.2) is 0 Å². The Balaban J connectivity index is 2.23. The predicted octanol–water partition coefficient (Wildman–Crippen LogP) is 3.68. The Hall–Kier alpha value is -1.06. The lowest BCUT2D eigenvalue weighted by atomic mass is 9.79. The summed E-state index contributed by atoms with van der Waals surface area (Å²) >= 11 is 0. The highest BCUT2D eigenvalue weighted by molar-refractivity contribution is 5.31. The molecular weight excluding hydrogens is 250 g/mol. The standard InChI is InChI=1S/C17H27NO2/c1-6-19-13-9-7-8-12(10-13)15(18)14-11-16(2,3)20-17(14,4)5/h7-10,14-15H,6,11,18H2,1-5H3. The zero-order chi connectivity index (χ0) is 15.0. The molecule has 3 nitrogen and oxygen atoms in total. The third kappa shape index (κ3) is 3.15. The summed E-state index contributed by atoms with van der Waals surface area (Å²) in [5.74, 6) is 1.19. The summed E-state index contributed by atoms with van der Waals surface area (Å²) in [6.07, 6.45) is 0.972. The summed E-state index contributed by atoms with van der Waals surface area (Å²) in [5, 5.41) is 0. The Bertz CT molecular complexity index is 468. The number of nitrogens with two attached hydrogens (primary N) is 1. The van der Waals surface area contributed by atoms with Crippen molar-refractivity contribution in [1.82, 2.24) is 0 Å². The normalized spacial score (nSPS) is 25.4. The number of rotatable bonds is 4. The molecule has 1 fully saturated rings. The molecule has 0 saturated carbocycles. The Morgan fingerprint density at radius 3 is 2.60 bits per heavy atom. The second-order valence-electron chi connectivity index (χ2n) is 6.81. The van der Waals surface area contributed by atoms with Gasteiger partial charge in [-0.1, -0.05) is 12.1 Å². The van der Waals surface area contributed by atoms with Gasteiger partial charge in [0.2, 0.25) is 0 Å². The molecule has 1 saturated heterocycles. The summed E-state index contributed by atoms with van der Waals surface area (Å²) < 4.78 is 11.7. The van der Waals surface area contributed by atoms with Gasteiger partial charge in [-0.25, -0.2) is 0 Å². The molecule has 0 aromatic heterocycles. The second kappa shape index (κ2) is 5.38. The summed E-state index contributed by atoms with van der Waals surface area (Å²) in [7, 11) is 0. The summed E-state index contributed by atoms with van der Waals surface area (Å²) in [6.45, 7) is 11.2. The molecule has 1 aliphatic rings. The van der Waals surface area contributed by atoms with Gasteiger partial charge in [-0.15, -0.1) is 0 Å². The third-order valence-electron chi connectivity index (χ3n) is 4.13. The highest BCUT2D eigenvalue weighted by Gasteiger charge is 2.48. The van der Waals surface area contributed by atoms with Gasteiger partial charge >= 0.3 is 0 Å². The van der Waals surface area contributed by atoms with Crippen LogP contribution in [0.5, 0.6) is 5.75 Å². The summed E-state index contributed by atoms with van der Waals surface area (Å²) in [4.78, 5) is 0. The lowest BCUT2D eigenvalue weighted by Crippen LogP contribution is -2.35. The first-order valence-electron chi connectivity index (χ1n) is 7.44. The third-order valence-corrected chi connectivity index (χ3v) is 4.13. The van der Waals surface area contributed by atoms with Crippen molar-refractivity contribution >= 4 is 0 Å². The molecule has 2 unspecified atom stereocenters. The van der Waals surface area contributed by atoms with Gasteiger partial charge in [0.1, 0.15) is 5.75 Å². The van der Waals surface area contributed by atoms with E-state index in [9.17, 15) is 0 Å². The van der Waals surface area contributed by atoms with Crippen molar-refractivity contribution in [3.63, 3.8) is 0 Å². The molecule has 1 heterocycles. The topological polar surface area (TPSA) is 44.5 Å². The Labute approximate surface area is 122 Å². The van der Waals surface area contributed by atoms with Crippen LogP contribution < -0.4 is 10.5 Å². The van der Waals surface area contributed by atoms with Crippen molar-refractivity contribution in [3.8, 4) is 5.75 Å². The molecule has 0 amide bonds. The van der Waals surface area contributed by atoms with Crippen LogP contribution in [0.25, 0.3) is 0 Å². The predicted molar refractivity (Wildman–Crippen MR) is 81.9 cm³/mol. The molecule has 0 spiro atoms. The first-order chi connectivity index (χ1) is 9.25. The van der Waals surface area contributed by atoms with Crippen molar-refractivity contribution in [2.24, 2.45) is 11.7 Å². The van der Waals surface area contributed by atoms with Gasteiger partial charge in [-0.2, -0.15) is 0 Å². The Morgan fingerprint density at radius 2 is 2.05 bits per heavy atom. The molecule has 1 aliphatic heterocycles. The SMILES string of the molecule is CCOc1cccc(C(N)C2CC(C)(C)OC2(C)C)c1. The summed E-state index contributed by atoms with van der Waals surface area (Å²) in [6, 6.07) is 8.07. The van der Waals surface area contributed by atoms with E-state index in [4.69, 9.17) is 15.2 Å². The largest absolute Gasteiger partial charge is 0.494 e. The molecule has 2 atom stereocenters. The van der Waals surface area contributed by atoms with E-state index in [1.54, 1.807) is 0 Å². The maximum atomic E-state index is 6.53. The minimum atomic E-state index is -0.204. The van der Waals surface area contributed by atoms with Crippen LogP contribution in [0.1, 0.15) is 52.6 Å². The van der Waals surface area contributed by atoms with E-state index in [1.165, 1.54) is 0 Å². The molecule has 112 valence electrons. The summed E-state index contributed by atoms with van der Waals surface area (Å²) in [5.41, 5.74) is 7.34. The molecule has 2 rings (SSSR count). The van der Waals surface area contributed by atoms with Gasteiger partial charge in [-0.3, -0.25) is 0 Å². The molecule has 1 aromatic carbocycles. The van der Waals surface area contributed by atoms with Crippen molar-refractivity contribution in [2.45, 2.75) is 58.3 Å². The first kappa shape index (κ1) is 15.3. The number of hydrogen-bond donors (Lipinski definition) is 1. The zero-order valence-corrected chi connectivity index (χ0v) is 13.3. The Morgan fingerprint density at radius 1 is 1.35 bits per heavy atom. The van der Waals surface area contributed by atoms with E-state index in [-0.39, 0.29) is 17.2 Å². The smallest absolute Gasteiger partial charge is 0.119 e. The lowest BCUT2D eigenvalue weighted by molar-refractivity contribution is -0.0767. The van der Waals surface area contributed by atoms with Gasteiger partial charge in [0.25, 0.3) is 0 Å². The van der Waals surface area contributed by atoms with Crippen LogP contribution in [0.15, 0.2) is 24.3 Å². The number of ether oxygens (including phenoxy) is 2. The van der Waals surface area contributed by atoms with Crippen LogP contribution in [-0.2, 0) is 4.74 Å². The van der Waals surface area contributed by atoms with E-state index < -0.39 is 0 Å². The highest BCUT2D eigenvalue weighted by atomic mass is 16.5. The molecule has 3 heteroatoms. The molecule has 1 aromatic rings. The van der Waals surface area contributed by atoms with E-state index in [1.807, 2.05) is 19.1 Å². The van der Waals surface area contributed by atoms with Crippen LogP contribution in [0, 0.1) is 5.92 Å². The van der Waals surface area contributed by atoms with Crippen molar-refractivity contribution in [2.75, 3.05) is 6.61 Å². The minimum absolute atomic E-state index is 0.0350. The number of benzene rings is 1. The van der Waals surface area contributed by atoms with Crippen LogP contribution >= 0.6 is 0 Å². The average Bonchev–Trinajstić information content (AvgIpc) is 2.57. The molecule has 20 heavy (non-hydrogen) atoms. The van der Waals surface area contributed by atoms with Crippen molar-refractivity contribution in [1.29, 1.82) is 0 Å². The van der Waals surface area contributed by atoms with E-state index in [0.717, 1.165) is 17.7 Å². The molecule has 0 radical (unpaired) electrons. The van der Waals surface area contributed by atoms with Crippen molar-refractivity contribution in [3.05, 3.63) is 29.8 Å². The maximum Gasteiger partial charge on any atom is 0.119 e. The molecule has 0 bridgehead atoms. The molecular formula is C17H27NO2. The fourth-order valence-electron chi connectivity index (χ4n) is 3.37. The van der Waals surface area contributed by atoms with Gasteiger partial charge in [0.05, 0.1) is 17.8 Å². The van der Waals surface area contributed by atoms with E-state index >= 15 is 0 Å². The second-order valence-corrected chi connectivity index (χ2v) is 6.81. The van der Waals surface area contributed by atoms with Crippen molar-refractivity contribution < 1.29 is 9.47 Å². The Kier molecular flexibility index (Phi) is 4.12. The van der Waals surface area contributed by atoms with Crippen LogP contribution in [0.2, 0.25) is 0 Å². The van der Waals surface area contributed by atoms with Gasteiger partial charge in [0, 0.05) is 12.0 Å². The van der Waals surface area contributed by atoms with E-state index in [2.05, 4.69) is 39.8 Å². The van der Waals surface area contributed by atoms with Crippen LogP contribution in [-0.4, -0.2) is 17.8 Å². The fourth-order valence-corrected chi connectivity index (χ4v) is 3.37. The lowest BCUT2D eigenvalue weighted by Gasteiger charge is -2.31. The monoisotopic (exact) mass is 277 g/mol. The van der Waals surface area contributed by atoms with Crippen LogP contribution in [0.3, 0.4) is 0 Å². The quantitative estimate of drug-likeness (QED) is 0.913. The van der Waals surface area contributed by atoms with Gasteiger partial charge in [-0.05, 0) is 58.7 Å².